The molecule has 0 atom stereocenters. The first-order valence-electron chi connectivity index (χ1n) is 5.69. The molecule has 5 heteroatoms. The van der Waals surface area contributed by atoms with Crippen molar-refractivity contribution in [3.63, 3.8) is 0 Å². The Morgan fingerprint density at radius 2 is 1.88 bits per heavy atom. The molecule has 1 aromatic carbocycles. The van der Waals surface area contributed by atoms with Gasteiger partial charge >= 0.3 is 0 Å². The summed E-state index contributed by atoms with van der Waals surface area (Å²) in [5.74, 6) is 0. The fourth-order valence-electron chi connectivity index (χ4n) is 1.50. The van der Waals surface area contributed by atoms with Crippen LogP contribution in [-0.2, 0) is 16.6 Å². The summed E-state index contributed by atoms with van der Waals surface area (Å²) in [5, 5.41) is 3.29. The molecule has 0 aliphatic heterocycles. The van der Waals surface area contributed by atoms with E-state index in [1.165, 1.54) is 17.4 Å². The maximum absolute atomic E-state index is 10.8. The molecule has 0 saturated carbocycles. The van der Waals surface area contributed by atoms with E-state index in [2.05, 4.69) is 29.1 Å². The van der Waals surface area contributed by atoms with Crippen molar-refractivity contribution in [2.24, 2.45) is 0 Å². The van der Waals surface area contributed by atoms with E-state index in [0.717, 1.165) is 19.5 Å². The number of nitrogens with one attached hydrogen (secondary N) is 2. The van der Waals surface area contributed by atoms with Gasteiger partial charge in [-0.05, 0) is 31.0 Å². The smallest absolute Gasteiger partial charge is 0.208 e. The summed E-state index contributed by atoms with van der Waals surface area (Å²) in [6, 6.07) is 8.23. The van der Waals surface area contributed by atoms with Crippen LogP contribution in [0.5, 0.6) is 0 Å². The quantitative estimate of drug-likeness (QED) is 0.716. The lowest BCUT2D eigenvalue weighted by atomic mass is 10.1. The zero-order chi connectivity index (χ0) is 12.7. The normalized spacial score (nSPS) is 11.6. The largest absolute Gasteiger partial charge is 0.313 e. The standard InChI is InChI=1S/C12H20N2O2S/c1-11-6-3-4-7-12(11)10-13-8-5-9-14-17(2,15)16/h3-4,6-7,13-14H,5,8-10H2,1-2H3. The van der Waals surface area contributed by atoms with Crippen LogP contribution in [0.4, 0.5) is 0 Å². The van der Waals surface area contributed by atoms with Gasteiger partial charge < -0.3 is 5.32 Å². The Bertz CT molecular complexity index is 444. The number of aryl methyl sites for hydroxylation is 1. The molecule has 0 fully saturated rings. The van der Waals surface area contributed by atoms with Gasteiger partial charge in [-0.1, -0.05) is 24.3 Å². The van der Waals surface area contributed by atoms with Gasteiger partial charge in [-0.3, -0.25) is 0 Å². The Morgan fingerprint density at radius 3 is 2.53 bits per heavy atom. The lowest BCUT2D eigenvalue weighted by Crippen LogP contribution is -2.26. The van der Waals surface area contributed by atoms with Gasteiger partial charge in [0.2, 0.25) is 10.0 Å². The van der Waals surface area contributed by atoms with Crippen molar-refractivity contribution >= 4 is 10.0 Å². The van der Waals surface area contributed by atoms with E-state index in [9.17, 15) is 8.42 Å². The maximum Gasteiger partial charge on any atom is 0.208 e. The lowest BCUT2D eigenvalue weighted by Gasteiger charge is -2.07. The molecule has 2 N–H and O–H groups in total. The molecule has 0 radical (unpaired) electrons. The van der Waals surface area contributed by atoms with E-state index < -0.39 is 10.0 Å². The highest BCUT2D eigenvalue weighted by Crippen LogP contribution is 2.05. The van der Waals surface area contributed by atoms with Crippen molar-refractivity contribution in [2.75, 3.05) is 19.3 Å². The molecule has 0 amide bonds. The summed E-state index contributed by atoms with van der Waals surface area (Å²) in [4.78, 5) is 0. The van der Waals surface area contributed by atoms with E-state index >= 15 is 0 Å². The third kappa shape index (κ3) is 6.41. The van der Waals surface area contributed by atoms with Crippen LogP contribution in [0.25, 0.3) is 0 Å². The number of hydrogen-bond donors (Lipinski definition) is 2. The highest BCUT2D eigenvalue weighted by Gasteiger charge is 1.99. The van der Waals surface area contributed by atoms with Gasteiger partial charge in [-0.15, -0.1) is 0 Å². The topological polar surface area (TPSA) is 58.2 Å². The Hall–Kier alpha value is -0.910. The predicted molar refractivity (Wildman–Crippen MR) is 70.3 cm³/mol. The van der Waals surface area contributed by atoms with E-state index in [1.807, 2.05) is 12.1 Å². The van der Waals surface area contributed by atoms with Crippen LogP contribution in [0, 0.1) is 6.92 Å². The predicted octanol–water partition coefficient (Wildman–Crippen LogP) is 1.02. The van der Waals surface area contributed by atoms with Crippen molar-refractivity contribution in [1.29, 1.82) is 0 Å². The third-order valence-electron chi connectivity index (χ3n) is 2.47. The van der Waals surface area contributed by atoms with E-state index in [-0.39, 0.29) is 0 Å². The number of benzene rings is 1. The molecule has 0 unspecified atom stereocenters. The Morgan fingerprint density at radius 1 is 1.18 bits per heavy atom. The Labute approximate surface area is 103 Å². The van der Waals surface area contributed by atoms with Crippen molar-refractivity contribution in [1.82, 2.24) is 10.0 Å². The minimum atomic E-state index is -3.05. The molecule has 17 heavy (non-hydrogen) atoms. The fraction of sp³-hybridized carbons (Fsp3) is 0.500. The summed E-state index contributed by atoms with van der Waals surface area (Å²) in [7, 11) is -3.05. The molecule has 0 heterocycles. The Balaban J connectivity index is 2.15. The molecule has 4 nitrogen and oxygen atoms in total. The number of hydrogen-bond acceptors (Lipinski definition) is 3. The van der Waals surface area contributed by atoms with Crippen LogP contribution >= 0.6 is 0 Å². The first kappa shape index (κ1) is 14.2. The van der Waals surface area contributed by atoms with E-state index in [0.29, 0.717) is 6.54 Å². The second-order valence-corrected chi connectivity index (χ2v) is 5.96. The van der Waals surface area contributed by atoms with Gasteiger partial charge in [-0.2, -0.15) is 0 Å². The molecule has 1 aromatic rings. The minimum absolute atomic E-state index is 0.486. The first-order chi connectivity index (χ1) is 7.99. The molecular formula is C12H20N2O2S. The summed E-state index contributed by atoms with van der Waals surface area (Å²) < 4.78 is 24.1. The maximum atomic E-state index is 10.8. The molecule has 0 saturated heterocycles. The van der Waals surface area contributed by atoms with Crippen LogP contribution in [0.3, 0.4) is 0 Å². The molecule has 1 rings (SSSR count). The monoisotopic (exact) mass is 256 g/mol. The fourth-order valence-corrected chi connectivity index (χ4v) is 2.02. The summed E-state index contributed by atoms with van der Waals surface area (Å²) >= 11 is 0. The van der Waals surface area contributed by atoms with Crippen molar-refractivity contribution < 1.29 is 8.42 Å². The van der Waals surface area contributed by atoms with Crippen molar-refractivity contribution in [2.45, 2.75) is 19.9 Å². The van der Waals surface area contributed by atoms with Gasteiger partial charge in [0.25, 0.3) is 0 Å². The Kier molecular flexibility index (Phi) is 5.61. The minimum Gasteiger partial charge on any atom is -0.313 e. The highest BCUT2D eigenvalue weighted by molar-refractivity contribution is 7.88. The molecule has 0 aliphatic rings. The van der Waals surface area contributed by atoms with Crippen LogP contribution < -0.4 is 10.0 Å². The first-order valence-corrected chi connectivity index (χ1v) is 7.58. The van der Waals surface area contributed by atoms with Gasteiger partial charge in [0.1, 0.15) is 0 Å². The van der Waals surface area contributed by atoms with Gasteiger partial charge in [-0.25, -0.2) is 13.1 Å². The van der Waals surface area contributed by atoms with Crippen LogP contribution in [-0.4, -0.2) is 27.8 Å². The van der Waals surface area contributed by atoms with Gasteiger partial charge in [0.05, 0.1) is 6.26 Å². The SMILES string of the molecule is Cc1ccccc1CNCCCNS(C)(=O)=O. The van der Waals surface area contributed by atoms with Crippen LogP contribution in [0.2, 0.25) is 0 Å². The van der Waals surface area contributed by atoms with Gasteiger partial charge in [0, 0.05) is 13.1 Å². The molecule has 96 valence electrons. The van der Waals surface area contributed by atoms with E-state index in [4.69, 9.17) is 0 Å². The van der Waals surface area contributed by atoms with E-state index in [1.54, 1.807) is 0 Å². The molecular weight excluding hydrogens is 236 g/mol. The van der Waals surface area contributed by atoms with Crippen molar-refractivity contribution in [3.8, 4) is 0 Å². The molecule has 0 aliphatic carbocycles. The molecule has 0 spiro atoms. The van der Waals surface area contributed by atoms with Crippen LogP contribution in [0.15, 0.2) is 24.3 Å². The zero-order valence-electron chi connectivity index (χ0n) is 10.4. The third-order valence-corrected chi connectivity index (χ3v) is 3.20. The highest BCUT2D eigenvalue weighted by atomic mass is 32.2. The second-order valence-electron chi connectivity index (χ2n) is 4.12. The number of rotatable bonds is 7. The lowest BCUT2D eigenvalue weighted by molar-refractivity contribution is 0.579. The zero-order valence-corrected chi connectivity index (χ0v) is 11.2. The molecule has 0 aromatic heterocycles. The summed E-state index contributed by atoms with van der Waals surface area (Å²) in [6.07, 6.45) is 1.96. The average Bonchev–Trinajstić information content (AvgIpc) is 2.24. The summed E-state index contributed by atoms with van der Waals surface area (Å²) in [5.41, 5.74) is 2.55. The van der Waals surface area contributed by atoms with Gasteiger partial charge in [0.15, 0.2) is 0 Å². The van der Waals surface area contributed by atoms with Crippen LogP contribution in [0.1, 0.15) is 17.5 Å². The van der Waals surface area contributed by atoms with Crippen molar-refractivity contribution in [3.05, 3.63) is 35.4 Å². The average molecular weight is 256 g/mol. The number of sulfonamides is 1. The summed E-state index contributed by atoms with van der Waals surface area (Å²) in [6.45, 7) is 4.20. The molecule has 0 bridgehead atoms. The second kappa shape index (κ2) is 6.74.